The fourth-order valence-corrected chi connectivity index (χ4v) is 8.76. The number of hydrogen-bond donors (Lipinski definition) is 3. The van der Waals surface area contributed by atoms with Crippen LogP contribution in [0.1, 0.15) is 103 Å². The Morgan fingerprint density at radius 1 is 1.00 bits per heavy atom. The van der Waals surface area contributed by atoms with Crippen molar-refractivity contribution in [2.45, 2.75) is 116 Å². The first kappa shape index (κ1) is 33.2. The monoisotopic (exact) mass is 646 g/mol. The van der Waals surface area contributed by atoms with E-state index in [1.165, 1.54) is 18.6 Å². The minimum Gasteiger partial charge on any atom is -0.506 e. The van der Waals surface area contributed by atoms with Crippen molar-refractivity contribution < 1.29 is 43.9 Å². The van der Waals surface area contributed by atoms with Crippen LogP contribution in [0.15, 0.2) is 41.0 Å². The Balaban J connectivity index is 1.60. The molecule has 9 heteroatoms. The van der Waals surface area contributed by atoms with E-state index in [2.05, 4.69) is 6.08 Å². The van der Waals surface area contributed by atoms with Crippen LogP contribution in [-0.4, -0.2) is 61.4 Å². The molecule has 3 N–H and O–H groups in total. The molecule has 9 nitrogen and oxygen atoms in total. The number of fused-ring (bicyclic) bond motifs is 2. The first-order chi connectivity index (χ1) is 21.9. The lowest BCUT2D eigenvalue weighted by molar-refractivity contribution is -0.220. The summed E-state index contributed by atoms with van der Waals surface area (Å²) in [7, 11) is 0. The first-order valence-electron chi connectivity index (χ1n) is 16.5. The molecular formula is C38H46O9. The van der Waals surface area contributed by atoms with E-state index < -0.39 is 63.8 Å². The van der Waals surface area contributed by atoms with E-state index in [0.29, 0.717) is 29.7 Å². The van der Waals surface area contributed by atoms with Gasteiger partial charge in [-0.1, -0.05) is 29.4 Å². The van der Waals surface area contributed by atoms with Crippen molar-refractivity contribution in [1.82, 2.24) is 0 Å². The van der Waals surface area contributed by atoms with Crippen molar-refractivity contribution in [2.75, 3.05) is 0 Å². The fourth-order valence-electron chi connectivity index (χ4n) is 8.76. The molecule has 7 rings (SSSR count). The van der Waals surface area contributed by atoms with Gasteiger partial charge in [0, 0.05) is 29.4 Å². The van der Waals surface area contributed by atoms with Crippen LogP contribution in [0.25, 0.3) is 6.08 Å². The minimum atomic E-state index is -1.74. The van der Waals surface area contributed by atoms with E-state index in [4.69, 9.17) is 14.2 Å². The molecule has 1 aromatic rings. The minimum absolute atomic E-state index is 0.0260. The Morgan fingerprint density at radius 2 is 1.68 bits per heavy atom. The summed E-state index contributed by atoms with van der Waals surface area (Å²) in [6.07, 6.45) is 9.79. The molecule has 4 fully saturated rings. The summed E-state index contributed by atoms with van der Waals surface area (Å²) in [6, 6.07) is 0. The predicted octanol–water partition coefficient (Wildman–Crippen LogP) is 6.29. The SMILES string of the molecule is CC(C)=CCC[C@@]1(C)C=Cc2c(O)c3c(c(CC=C(C)C)c2O1)OC12C4CC(C(=O)C1(C/C=C(/C)C(=O)O)OC4(C)C)[C@@H](O)[C@H]2C3=O. The van der Waals surface area contributed by atoms with Gasteiger partial charge in [-0.15, -0.1) is 0 Å². The predicted molar refractivity (Wildman–Crippen MR) is 176 cm³/mol. The standard InChI is InChI=1S/C38H46O9/c1-19(2)10-9-15-36(8)16-14-22-28(39)26-30(41)27-29(40)24-18-25-35(6,7)47-37(33(24)42,17-13-21(5)34(43)44)38(25,27)46-32(26)23(31(22)45-36)12-11-20(3)4/h10-11,13-14,16,24-25,27,29,39-40H,9,12,15,17-18H2,1-8H3,(H,43,44)/b21-13-/t24?,25?,27-,29+,36-,37?,38?/m0/s1. The highest BCUT2D eigenvalue weighted by molar-refractivity contribution is 6.10. The second-order valence-corrected chi connectivity index (χ2v) is 15.2. The molecule has 1 aromatic carbocycles. The van der Waals surface area contributed by atoms with Crippen molar-refractivity contribution in [2.24, 2.45) is 17.8 Å². The number of phenols is 1. The van der Waals surface area contributed by atoms with Crippen molar-refractivity contribution in [3.8, 4) is 17.2 Å². The van der Waals surface area contributed by atoms with Gasteiger partial charge in [-0.3, -0.25) is 9.59 Å². The summed E-state index contributed by atoms with van der Waals surface area (Å²) in [4.78, 5) is 41.1. The Hall–Kier alpha value is -3.69. The highest BCUT2D eigenvalue weighted by Gasteiger charge is 2.85. The number of carboxylic acid groups (broad SMARTS) is 1. The summed E-state index contributed by atoms with van der Waals surface area (Å²) in [5.74, 6) is -4.44. The average Bonchev–Trinajstić information content (AvgIpc) is 3.10. The van der Waals surface area contributed by atoms with Gasteiger partial charge in [0.15, 0.2) is 22.8 Å². The van der Waals surface area contributed by atoms with Gasteiger partial charge in [-0.25, -0.2) is 4.79 Å². The Kier molecular flexibility index (Phi) is 7.72. The second-order valence-electron chi connectivity index (χ2n) is 15.2. The third kappa shape index (κ3) is 4.67. The number of aliphatic hydroxyl groups is 1. The summed E-state index contributed by atoms with van der Waals surface area (Å²) < 4.78 is 20.5. The van der Waals surface area contributed by atoms with E-state index in [9.17, 15) is 29.7 Å². The van der Waals surface area contributed by atoms with Crippen LogP contribution in [0.5, 0.6) is 17.2 Å². The number of ether oxygens (including phenoxy) is 3. The van der Waals surface area contributed by atoms with Gasteiger partial charge < -0.3 is 29.5 Å². The number of phenolic OH excluding ortho intramolecular Hbond substituents is 1. The number of Topliss-reactive ketones (excluding diaryl/α,β-unsaturated/α-hetero) is 2. The Bertz CT molecular complexity index is 1700. The number of rotatable bonds is 8. The number of carbonyl (C=O) groups is 3. The number of carbonyl (C=O) groups excluding carboxylic acids is 2. The van der Waals surface area contributed by atoms with Gasteiger partial charge in [0.2, 0.25) is 0 Å². The van der Waals surface area contributed by atoms with Gasteiger partial charge in [-0.2, -0.15) is 0 Å². The normalized spacial score (nSPS) is 34.1. The molecule has 0 amide bonds. The second kappa shape index (κ2) is 10.9. The van der Waals surface area contributed by atoms with Crippen LogP contribution in [0.4, 0.5) is 0 Å². The summed E-state index contributed by atoms with van der Waals surface area (Å²) >= 11 is 0. The highest BCUT2D eigenvalue weighted by Crippen LogP contribution is 2.70. The quantitative estimate of drug-likeness (QED) is 0.220. The molecule has 252 valence electrons. The van der Waals surface area contributed by atoms with Gasteiger partial charge in [0.05, 0.1) is 23.2 Å². The number of carboxylic acids is 1. The molecule has 4 bridgehead atoms. The lowest BCUT2D eigenvalue weighted by Gasteiger charge is -2.62. The van der Waals surface area contributed by atoms with Crippen molar-refractivity contribution in [3.05, 3.63) is 57.7 Å². The van der Waals surface area contributed by atoms with Crippen molar-refractivity contribution >= 4 is 23.6 Å². The van der Waals surface area contributed by atoms with E-state index >= 15 is 0 Å². The number of ketones is 2. The smallest absolute Gasteiger partial charge is 0.330 e. The molecule has 3 aliphatic heterocycles. The van der Waals surface area contributed by atoms with Crippen LogP contribution < -0.4 is 9.47 Å². The molecule has 3 heterocycles. The van der Waals surface area contributed by atoms with E-state index in [1.54, 1.807) is 6.08 Å². The maximum Gasteiger partial charge on any atom is 0.330 e. The van der Waals surface area contributed by atoms with Crippen molar-refractivity contribution in [3.63, 3.8) is 0 Å². The lowest BCUT2D eigenvalue weighted by atomic mass is 9.45. The van der Waals surface area contributed by atoms with E-state index in [-0.39, 0.29) is 35.5 Å². The van der Waals surface area contributed by atoms with Gasteiger partial charge in [-0.05, 0) is 93.2 Å². The molecule has 47 heavy (non-hydrogen) atoms. The van der Waals surface area contributed by atoms with Crippen molar-refractivity contribution in [1.29, 1.82) is 0 Å². The number of hydrogen-bond acceptors (Lipinski definition) is 8. The molecule has 0 radical (unpaired) electrons. The van der Waals surface area contributed by atoms with Crippen LogP contribution in [0.2, 0.25) is 0 Å². The van der Waals surface area contributed by atoms with Gasteiger partial charge >= 0.3 is 5.97 Å². The van der Waals surface area contributed by atoms with Gasteiger partial charge in [0.1, 0.15) is 28.4 Å². The molecule has 3 saturated carbocycles. The largest absolute Gasteiger partial charge is 0.506 e. The number of benzene rings is 1. The third-order valence-electron chi connectivity index (χ3n) is 11.1. The maximum absolute atomic E-state index is 14.8. The third-order valence-corrected chi connectivity index (χ3v) is 11.1. The van der Waals surface area contributed by atoms with Crippen LogP contribution >= 0.6 is 0 Å². The lowest BCUT2D eigenvalue weighted by Crippen LogP contribution is -2.80. The molecule has 7 atom stereocenters. The zero-order valence-electron chi connectivity index (χ0n) is 28.5. The molecule has 6 aliphatic rings. The molecule has 1 saturated heterocycles. The van der Waals surface area contributed by atoms with Crippen LogP contribution in [-0.2, 0) is 20.7 Å². The first-order valence-corrected chi connectivity index (χ1v) is 16.5. The van der Waals surface area contributed by atoms with Crippen LogP contribution in [0, 0.1) is 17.8 Å². The molecule has 4 unspecified atom stereocenters. The zero-order chi connectivity index (χ0) is 34.4. The maximum atomic E-state index is 14.8. The highest BCUT2D eigenvalue weighted by atomic mass is 16.6. The number of aliphatic hydroxyl groups excluding tert-OH is 1. The zero-order valence-corrected chi connectivity index (χ0v) is 28.5. The fraction of sp³-hybridized carbons (Fsp3) is 0.553. The molecule has 1 spiro atoms. The Labute approximate surface area is 276 Å². The molecule has 3 aliphatic carbocycles. The number of allylic oxidation sites excluding steroid dienone is 4. The van der Waals surface area contributed by atoms with Gasteiger partial charge in [0.25, 0.3) is 0 Å². The van der Waals surface area contributed by atoms with Crippen LogP contribution in [0.3, 0.4) is 0 Å². The Morgan fingerprint density at radius 3 is 2.32 bits per heavy atom. The molecular weight excluding hydrogens is 600 g/mol. The topological polar surface area (TPSA) is 140 Å². The summed E-state index contributed by atoms with van der Waals surface area (Å²) in [5.41, 5.74) is -1.91. The van der Waals surface area contributed by atoms with E-state index in [1.807, 2.05) is 60.6 Å². The van der Waals surface area contributed by atoms with E-state index in [0.717, 1.165) is 12.0 Å². The average molecular weight is 647 g/mol. The summed E-state index contributed by atoms with van der Waals surface area (Å²) in [5, 5.41) is 33.2. The number of aliphatic carboxylic acids is 1. The molecule has 0 aromatic heterocycles. The number of aromatic hydroxyl groups is 1. The summed E-state index contributed by atoms with van der Waals surface area (Å²) in [6.45, 7) is 15.1.